The van der Waals surface area contributed by atoms with Crippen LogP contribution >= 0.6 is 0 Å². The van der Waals surface area contributed by atoms with E-state index in [1.165, 1.54) is 6.42 Å². The molecule has 1 N–H and O–H groups in total. The second-order valence-electron chi connectivity index (χ2n) is 5.38. The number of carbonyl (C=O) groups excluding carboxylic acids is 1. The van der Waals surface area contributed by atoms with Gasteiger partial charge < -0.3 is 9.88 Å². The third-order valence-corrected chi connectivity index (χ3v) is 3.84. The molecule has 21 heavy (non-hydrogen) atoms. The van der Waals surface area contributed by atoms with Crippen LogP contribution in [0.2, 0.25) is 0 Å². The van der Waals surface area contributed by atoms with Crippen molar-refractivity contribution in [3.63, 3.8) is 0 Å². The van der Waals surface area contributed by atoms with Crippen molar-refractivity contribution < 1.29 is 4.79 Å². The maximum Gasteiger partial charge on any atom is 0.289 e. The van der Waals surface area contributed by atoms with Gasteiger partial charge in [-0.05, 0) is 31.4 Å². The fourth-order valence-electron chi connectivity index (χ4n) is 2.63. The number of amides is 1. The van der Waals surface area contributed by atoms with Gasteiger partial charge in [0.1, 0.15) is 5.82 Å². The lowest BCUT2D eigenvalue weighted by Gasteiger charge is -2.14. The minimum Gasteiger partial charge on any atom is -0.343 e. The topological polar surface area (TPSA) is 72.7 Å². The summed E-state index contributed by atoms with van der Waals surface area (Å²) in [6.07, 6.45) is 7.75. The first-order valence-electron chi connectivity index (χ1n) is 7.38. The summed E-state index contributed by atoms with van der Waals surface area (Å²) in [5.41, 5.74) is 0.974. The Labute approximate surface area is 123 Å². The van der Waals surface area contributed by atoms with Gasteiger partial charge in [-0.15, -0.1) is 10.2 Å². The summed E-state index contributed by atoms with van der Waals surface area (Å²) < 4.78 is 1.96. The van der Waals surface area contributed by atoms with Crippen LogP contribution in [0.4, 0.5) is 0 Å². The van der Waals surface area contributed by atoms with E-state index in [1.807, 2.05) is 23.6 Å². The molecule has 0 aliphatic carbocycles. The van der Waals surface area contributed by atoms with Crippen LogP contribution in [0, 0.1) is 0 Å². The van der Waals surface area contributed by atoms with E-state index in [2.05, 4.69) is 20.5 Å². The molecule has 3 rings (SSSR count). The van der Waals surface area contributed by atoms with Crippen molar-refractivity contribution in [1.82, 2.24) is 25.1 Å². The van der Waals surface area contributed by atoms with Crippen LogP contribution in [0.3, 0.4) is 0 Å². The van der Waals surface area contributed by atoms with Crippen molar-refractivity contribution in [1.29, 1.82) is 0 Å². The van der Waals surface area contributed by atoms with Crippen molar-refractivity contribution in [2.75, 3.05) is 0 Å². The molecular formula is C15H19N5O. The van der Waals surface area contributed by atoms with Gasteiger partial charge in [-0.3, -0.25) is 9.78 Å². The average molecular weight is 285 g/mol. The predicted molar refractivity (Wildman–Crippen MR) is 77.7 cm³/mol. The van der Waals surface area contributed by atoms with Gasteiger partial charge in [0, 0.05) is 25.4 Å². The monoisotopic (exact) mass is 285 g/mol. The molecule has 0 aromatic carbocycles. The molecule has 2 aromatic rings. The summed E-state index contributed by atoms with van der Waals surface area (Å²) in [4.78, 5) is 16.5. The number of nitrogens with zero attached hydrogens (tertiary/aromatic N) is 4. The second-order valence-corrected chi connectivity index (χ2v) is 5.38. The normalized spacial score (nSPS) is 15.9. The smallest absolute Gasteiger partial charge is 0.289 e. The van der Waals surface area contributed by atoms with E-state index in [4.69, 9.17) is 0 Å². The molecule has 0 radical (unpaired) electrons. The number of hydrogen-bond acceptors (Lipinski definition) is 4. The first-order chi connectivity index (χ1) is 10.3. The second kappa shape index (κ2) is 6.03. The Morgan fingerprint density at radius 1 is 1.33 bits per heavy atom. The van der Waals surface area contributed by atoms with Gasteiger partial charge in [0.05, 0.1) is 6.04 Å². The van der Waals surface area contributed by atoms with Crippen molar-refractivity contribution in [2.24, 2.45) is 0 Å². The molecule has 1 aliphatic heterocycles. The number of hydrogen-bond donors (Lipinski definition) is 1. The highest BCUT2D eigenvalue weighted by Gasteiger charge is 2.21. The molecular weight excluding hydrogens is 266 g/mol. The zero-order valence-corrected chi connectivity index (χ0v) is 12.1. The lowest BCUT2D eigenvalue weighted by Crippen LogP contribution is -2.29. The number of fused-ring (bicyclic) bond motifs is 1. The zero-order valence-electron chi connectivity index (χ0n) is 12.1. The maximum atomic E-state index is 12.4. The number of rotatable bonds is 3. The summed E-state index contributed by atoms with van der Waals surface area (Å²) in [5, 5.41) is 11.2. The Balaban J connectivity index is 1.75. The van der Waals surface area contributed by atoms with E-state index in [1.54, 1.807) is 12.4 Å². The third-order valence-electron chi connectivity index (χ3n) is 3.84. The van der Waals surface area contributed by atoms with Crippen molar-refractivity contribution in [3.05, 3.63) is 41.7 Å². The third kappa shape index (κ3) is 2.94. The molecule has 1 amide bonds. The summed E-state index contributed by atoms with van der Waals surface area (Å²) in [5.74, 6) is 1.17. The van der Waals surface area contributed by atoms with Gasteiger partial charge in [0.15, 0.2) is 0 Å². The molecule has 0 saturated carbocycles. The largest absolute Gasteiger partial charge is 0.343 e. The van der Waals surface area contributed by atoms with Crippen LogP contribution in [0.1, 0.15) is 54.2 Å². The van der Waals surface area contributed by atoms with E-state index in [0.717, 1.165) is 37.2 Å². The first kappa shape index (κ1) is 13.7. The van der Waals surface area contributed by atoms with E-state index in [0.29, 0.717) is 5.82 Å². The average Bonchev–Trinajstić information content (AvgIpc) is 2.77. The van der Waals surface area contributed by atoms with Crippen LogP contribution in [-0.2, 0) is 13.0 Å². The number of carbonyl (C=O) groups is 1. The molecule has 0 saturated heterocycles. The van der Waals surface area contributed by atoms with Crippen LogP contribution < -0.4 is 5.32 Å². The maximum absolute atomic E-state index is 12.4. The Bertz CT molecular complexity index is 622. The lowest BCUT2D eigenvalue weighted by molar-refractivity contribution is 0.0924. The highest BCUT2D eigenvalue weighted by Crippen LogP contribution is 2.16. The van der Waals surface area contributed by atoms with Gasteiger partial charge in [-0.1, -0.05) is 12.5 Å². The molecule has 0 fully saturated rings. The predicted octanol–water partition coefficient (Wildman–Crippen LogP) is 1.89. The first-order valence-corrected chi connectivity index (χ1v) is 7.38. The molecule has 0 bridgehead atoms. The van der Waals surface area contributed by atoms with Crippen LogP contribution in [0.15, 0.2) is 24.5 Å². The number of aryl methyl sites for hydroxylation is 1. The van der Waals surface area contributed by atoms with E-state index in [-0.39, 0.29) is 11.9 Å². The van der Waals surface area contributed by atoms with Crippen LogP contribution in [0.5, 0.6) is 0 Å². The Kier molecular flexibility index (Phi) is 3.94. The number of pyridine rings is 1. The highest BCUT2D eigenvalue weighted by atomic mass is 16.2. The number of aromatic nitrogens is 4. The van der Waals surface area contributed by atoms with Crippen LogP contribution in [-0.4, -0.2) is 25.7 Å². The summed E-state index contributed by atoms with van der Waals surface area (Å²) in [6, 6.07) is 3.70. The summed E-state index contributed by atoms with van der Waals surface area (Å²) in [6.45, 7) is 2.76. The summed E-state index contributed by atoms with van der Waals surface area (Å²) >= 11 is 0. The lowest BCUT2D eigenvalue weighted by atomic mass is 10.1. The minimum atomic E-state index is -0.174. The van der Waals surface area contributed by atoms with E-state index in [9.17, 15) is 4.79 Å². The minimum absolute atomic E-state index is 0.107. The van der Waals surface area contributed by atoms with E-state index >= 15 is 0 Å². The molecule has 0 spiro atoms. The van der Waals surface area contributed by atoms with Crippen molar-refractivity contribution in [3.8, 4) is 0 Å². The standard InChI is InChI=1S/C15H19N5O/c1-11(12-6-5-8-16-10-12)17-15(21)14-19-18-13-7-3-2-4-9-20(13)14/h5-6,8,10-11H,2-4,7,9H2,1H3,(H,17,21)/t11-/m1/s1. The van der Waals surface area contributed by atoms with Crippen molar-refractivity contribution >= 4 is 5.91 Å². The van der Waals surface area contributed by atoms with Gasteiger partial charge >= 0.3 is 0 Å². The molecule has 1 atom stereocenters. The van der Waals surface area contributed by atoms with Gasteiger partial charge in [0.2, 0.25) is 5.82 Å². The van der Waals surface area contributed by atoms with Crippen molar-refractivity contribution in [2.45, 2.75) is 45.2 Å². The van der Waals surface area contributed by atoms with Gasteiger partial charge in [-0.25, -0.2) is 0 Å². The SMILES string of the molecule is C[C@@H](NC(=O)c1nnc2n1CCCCC2)c1cccnc1. The molecule has 6 heteroatoms. The Hall–Kier alpha value is -2.24. The molecule has 3 heterocycles. The highest BCUT2D eigenvalue weighted by molar-refractivity contribution is 5.91. The van der Waals surface area contributed by atoms with Gasteiger partial charge in [-0.2, -0.15) is 0 Å². The van der Waals surface area contributed by atoms with Gasteiger partial charge in [0.25, 0.3) is 5.91 Å². The van der Waals surface area contributed by atoms with Crippen LogP contribution in [0.25, 0.3) is 0 Å². The number of nitrogens with one attached hydrogen (secondary N) is 1. The quantitative estimate of drug-likeness (QED) is 0.934. The fourth-order valence-corrected chi connectivity index (χ4v) is 2.63. The van der Waals surface area contributed by atoms with E-state index < -0.39 is 0 Å². The molecule has 110 valence electrons. The Morgan fingerprint density at radius 2 is 2.24 bits per heavy atom. The molecule has 2 aromatic heterocycles. The molecule has 1 aliphatic rings. The molecule has 6 nitrogen and oxygen atoms in total. The Morgan fingerprint density at radius 3 is 3.05 bits per heavy atom. The summed E-state index contributed by atoms with van der Waals surface area (Å²) in [7, 11) is 0. The fraction of sp³-hybridized carbons (Fsp3) is 0.467. The molecule has 0 unspecified atom stereocenters. The zero-order chi connectivity index (χ0) is 14.7.